The average molecular weight is 355 g/mol. The van der Waals surface area contributed by atoms with Crippen molar-refractivity contribution in [2.45, 2.75) is 9.83 Å². The Morgan fingerprint density at radius 3 is 2.32 bits per heavy atom. The van der Waals surface area contributed by atoms with Gasteiger partial charge in [0.1, 0.15) is 11.8 Å². The van der Waals surface area contributed by atoms with Gasteiger partial charge < -0.3 is 9.64 Å². The minimum absolute atomic E-state index is 0.396. The zero-order chi connectivity index (χ0) is 15.7. The molecule has 1 aliphatic rings. The Morgan fingerprint density at radius 2 is 1.68 bits per heavy atom. The summed E-state index contributed by atoms with van der Waals surface area (Å²) in [5.41, 5.74) is 2.98. The monoisotopic (exact) mass is 353 g/mol. The number of benzene rings is 2. The number of hydrogen-bond donors (Lipinski definition) is 0. The van der Waals surface area contributed by atoms with Gasteiger partial charge in [-0.2, -0.15) is 0 Å². The molecule has 1 aliphatic heterocycles. The van der Waals surface area contributed by atoms with Crippen molar-refractivity contribution in [3.05, 3.63) is 65.9 Å². The quantitative estimate of drug-likeness (QED) is 0.651. The molecule has 1 atom stereocenters. The van der Waals surface area contributed by atoms with Crippen molar-refractivity contribution in [3.63, 3.8) is 0 Å². The number of nitrogens with zero attached hydrogens (tertiary/aromatic N) is 1. The Bertz CT molecular complexity index is 692. The van der Waals surface area contributed by atoms with Crippen LogP contribution in [-0.2, 0) is 0 Å². The topological polar surface area (TPSA) is 12.5 Å². The number of ether oxygens (including phenoxy) is 1. The van der Waals surface area contributed by atoms with Crippen molar-refractivity contribution in [1.82, 2.24) is 0 Å². The van der Waals surface area contributed by atoms with Crippen LogP contribution in [0.1, 0.15) is 17.2 Å². The van der Waals surface area contributed by atoms with Crippen LogP contribution >= 0.6 is 34.8 Å². The molecule has 0 N–H and O–H groups in total. The highest BCUT2D eigenvalue weighted by molar-refractivity contribution is 6.68. The third kappa shape index (κ3) is 2.91. The van der Waals surface area contributed by atoms with Gasteiger partial charge in [-0.3, -0.25) is 0 Å². The van der Waals surface area contributed by atoms with E-state index in [4.69, 9.17) is 39.5 Å². The van der Waals surface area contributed by atoms with Crippen LogP contribution < -0.4 is 9.64 Å². The van der Waals surface area contributed by atoms with E-state index < -0.39 is 9.83 Å². The number of fused-ring (bicyclic) bond motifs is 1. The van der Waals surface area contributed by atoms with Crippen molar-refractivity contribution in [1.29, 1.82) is 0 Å². The first-order valence-electron chi connectivity index (χ1n) is 6.77. The van der Waals surface area contributed by atoms with Gasteiger partial charge in [-0.05, 0) is 41.5 Å². The molecule has 0 amide bonds. The maximum atomic E-state index is 6.27. The summed E-state index contributed by atoms with van der Waals surface area (Å²) in [6, 6.07) is 15.2. The van der Waals surface area contributed by atoms with E-state index in [-0.39, 0.29) is 0 Å². The maximum absolute atomic E-state index is 6.27. The molecule has 5 heteroatoms. The molecule has 114 valence electrons. The summed E-state index contributed by atoms with van der Waals surface area (Å²) in [6.07, 6.45) is 3.96. The Labute approximate surface area is 144 Å². The van der Waals surface area contributed by atoms with Crippen molar-refractivity contribution in [3.8, 4) is 5.75 Å². The highest BCUT2D eigenvalue weighted by Crippen LogP contribution is 2.48. The van der Waals surface area contributed by atoms with Crippen molar-refractivity contribution < 1.29 is 4.74 Å². The van der Waals surface area contributed by atoms with Gasteiger partial charge >= 0.3 is 0 Å². The Kier molecular flexibility index (Phi) is 4.26. The third-order valence-corrected chi connectivity index (χ3v) is 4.28. The first-order chi connectivity index (χ1) is 10.5. The number of rotatable bonds is 2. The normalized spacial score (nSPS) is 17.3. The highest BCUT2D eigenvalue weighted by atomic mass is 35.6. The molecule has 0 fully saturated rings. The molecule has 2 aromatic rings. The molecule has 3 rings (SSSR count). The molecule has 0 spiro atoms. The van der Waals surface area contributed by atoms with E-state index in [0.717, 1.165) is 22.6 Å². The largest absolute Gasteiger partial charge is 0.497 e. The van der Waals surface area contributed by atoms with Gasteiger partial charge in [-0.15, -0.1) is 0 Å². The molecule has 0 saturated heterocycles. The van der Waals surface area contributed by atoms with Crippen LogP contribution in [0.15, 0.2) is 54.7 Å². The van der Waals surface area contributed by atoms with Crippen LogP contribution in [-0.4, -0.2) is 10.9 Å². The van der Waals surface area contributed by atoms with E-state index in [1.807, 2.05) is 65.7 Å². The molecule has 0 radical (unpaired) electrons. The third-order valence-electron chi connectivity index (χ3n) is 3.66. The predicted molar refractivity (Wildman–Crippen MR) is 94.0 cm³/mol. The second-order valence-corrected chi connectivity index (χ2v) is 7.36. The maximum Gasteiger partial charge on any atom is 0.215 e. The second-order valence-electron chi connectivity index (χ2n) is 4.99. The fourth-order valence-corrected chi connectivity index (χ4v) is 3.30. The molecular formula is C17H14Cl3NO. The van der Waals surface area contributed by atoms with Crippen LogP contribution in [0.2, 0.25) is 0 Å². The smallest absolute Gasteiger partial charge is 0.215 e. The molecule has 1 heterocycles. The molecule has 0 aliphatic carbocycles. The Morgan fingerprint density at radius 1 is 1.00 bits per heavy atom. The lowest BCUT2D eigenvalue weighted by Gasteiger charge is -2.38. The van der Waals surface area contributed by atoms with E-state index >= 15 is 0 Å². The zero-order valence-corrected chi connectivity index (χ0v) is 14.1. The van der Waals surface area contributed by atoms with Crippen LogP contribution in [0, 0.1) is 0 Å². The predicted octanol–water partition coefficient (Wildman–Crippen LogP) is 5.60. The SMILES string of the molecule is COc1ccc(N2C=Cc3ccccc3[C@H]2C(Cl)(Cl)Cl)cc1. The van der Waals surface area contributed by atoms with E-state index in [1.54, 1.807) is 7.11 Å². The Hall–Kier alpha value is -1.35. The molecule has 0 bridgehead atoms. The number of alkyl halides is 3. The number of anilines is 1. The molecule has 0 saturated carbocycles. The first-order valence-corrected chi connectivity index (χ1v) is 7.90. The van der Waals surface area contributed by atoms with Crippen LogP contribution in [0.25, 0.3) is 6.08 Å². The summed E-state index contributed by atoms with van der Waals surface area (Å²) in [6.45, 7) is 0. The van der Waals surface area contributed by atoms with Gasteiger partial charge in [0, 0.05) is 11.9 Å². The Balaban J connectivity index is 2.07. The van der Waals surface area contributed by atoms with E-state index in [0.29, 0.717) is 0 Å². The minimum Gasteiger partial charge on any atom is -0.497 e. The van der Waals surface area contributed by atoms with Gasteiger partial charge in [0.2, 0.25) is 3.79 Å². The van der Waals surface area contributed by atoms with E-state index in [1.165, 1.54) is 0 Å². The molecule has 0 aromatic heterocycles. The van der Waals surface area contributed by atoms with Crippen LogP contribution in [0.3, 0.4) is 0 Å². The lowest BCUT2D eigenvalue weighted by molar-refractivity contribution is 0.415. The summed E-state index contributed by atoms with van der Waals surface area (Å²) >= 11 is 18.8. The molecule has 2 nitrogen and oxygen atoms in total. The molecular weight excluding hydrogens is 341 g/mol. The minimum atomic E-state index is -1.46. The van der Waals surface area contributed by atoms with Crippen molar-refractivity contribution in [2.75, 3.05) is 12.0 Å². The number of hydrogen-bond acceptors (Lipinski definition) is 2. The van der Waals surface area contributed by atoms with Gasteiger partial charge in [0.05, 0.1) is 7.11 Å². The molecule has 2 aromatic carbocycles. The van der Waals surface area contributed by atoms with Crippen molar-refractivity contribution in [2.24, 2.45) is 0 Å². The standard InChI is InChI=1S/C17H14Cl3NO/c1-22-14-8-6-13(7-9-14)21-11-10-12-4-2-3-5-15(12)16(21)17(18,19)20/h2-11,16H,1H3/t16-/m0/s1. The van der Waals surface area contributed by atoms with Crippen molar-refractivity contribution >= 4 is 46.6 Å². The summed E-state index contributed by atoms with van der Waals surface area (Å²) < 4.78 is 3.73. The van der Waals surface area contributed by atoms with Gasteiger partial charge in [0.15, 0.2) is 0 Å². The second kappa shape index (κ2) is 6.04. The summed E-state index contributed by atoms with van der Waals surface area (Å²) in [5, 5.41) is 0. The summed E-state index contributed by atoms with van der Waals surface area (Å²) in [5.74, 6) is 0.788. The lowest BCUT2D eigenvalue weighted by atomic mass is 9.96. The van der Waals surface area contributed by atoms with E-state index in [2.05, 4.69) is 0 Å². The highest BCUT2D eigenvalue weighted by Gasteiger charge is 2.40. The molecule has 22 heavy (non-hydrogen) atoms. The fourth-order valence-electron chi connectivity index (χ4n) is 2.63. The van der Waals surface area contributed by atoms with E-state index in [9.17, 15) is 0 Å². The zero-order valence-electron chi connectivity index (χ0n) is 11.8. The van der Waals surface area contributed by atoms with Gasteiger partial charge in [-0.1, -0.05) is 59.1 Å². The first kappa shape index (κ1) is 15.5. The average Bonchev–Trinajstić information content (AvgIpc) is 2.53. The number of methoxy groups -OCH3 is 1. The van der Waals surface area contributed by atoms with Crippen LogP contribution in [0.4, 0.5) is 5.69 Å². The summed E-state index contributed by atoms with van der Waals surface area (Å²) in [7, 11) is 1.64. The van der Waals surface area contributed by atoms with Gasteiger partial charge in [0.25, 0.3) is 0 Å². The fraction of sp³-hybridized carbons (Fsp3) is 0.176. The molecule has 0 unspecified atom stereocenters. The van der Waals surface area contributed by atoms with Crippen LogP contribution in [0.5, 0.6) is 5.75 Å². The lowest BCUT2D eigenvalue weighted by Crippen LogP contribution is -2.35. The summed E-state index contributed by atoms with van der Waals surface area (Å²) in [4.78, 5) is 1.97. The number of halogens is 3. The van der Waals surface area contributed by atoms with Gasteiger partial charge in [-0.25, -0.2) is 0 Å².